The van der Waals surface area contributed by atoms with E-state index >= 15 is 0 Å². The zero-order valence-corrected chi connectivity index (χ0v) is 14.1. The molecule has 1 N–H and O–H groups in total. The fourth-order valence-corrected chi connectivity index (χ4v) is 5.50. The van der Waals surface area contributed by atoms with Crippen LogP contribution >= 0.6 is 38.6 Å². The second-order valence-corrected chi connectivity index (χ2v) is 7.67. The van der Waals surface area contributed by atoms with Gasteiger partial charge in [0.2, 0.25) is 0 Å². The molecule has 2 heterocycles. The molecule has 19 heavy (non-hydrogen) atoms. The summed E-state index contributed by atoms with van der Waals surface area (Å²) in [6.45, 7) is 3.11. The minimum Gasteiger partial charge on any atom is -0.304 e. The first kappa shape index (κ1) is 13.7. The summed E-state index contributed by atoms with van der Waals surface area (Å²) in [4.78, 5) is 7.76. The number of nitrogens with zero attached hydrogens (tertiary/aromatic N) is 1. The van der Waals surface area contributed by atoms with Crippen LogP contribution in [0.5, 0.6) is 0 Å². The Balaban J connectivity index is 1.96. The molecule has 1 unspecified atom stereocenters. The molecule has 0 spiro atoms. The van der Waals surface area contributed by atoms with Gasteiger partial charge in [-0.15, -0.1) is 22.7 Å². The third-order valence-corrected chi connectivity index (χ3v) is 6.58. The zero-order chi connectivity index (χ0) is 13.2. The van der Waals surface area contributed by atoms with Crippen LogP contribution in [0.3, 0.4) is 0 Å². The molecule has 102 valence electrons. The number of hydrogen-bond donors (Lipinski definition) is 1. The largest absolute Gasteiger partial charge is 0.304 e. The Kier molecular flexibility index (Phi) is 4.37. The van der Waals surface area contributed by atoms with Gasteiger partial charge in [-0.1, -0.05) is 6.92 Å². The predicted molar refractivity (Wildman–Crippen MR) is 86.3 cm³/mol. The number of thiazole rings is 1. The Hall–Kier alpha value is -0.230. The highest BCUT2D eigenvalue weighted by Crippen LogP contribution is 2.37. The topological polar surface area (TPSA) is 24.9 Å². The maximum Gasteiger partial charge on any atom is 0.116 e. The third-order valence-electron chi connectivity index (χ3n) is 3.42. The van der Waals surface area contributed by atoms with E-state index in [4.69, 9.17) is 4.98 Å². The van der Waals surface area contributed by atoms with Crippen molar-refractivity contribution >= 4 is 38.6 Å². The smallest absolute Gasteiger partial charge is 0.116 e. The number of halogens is 1. The molecule has 0 aliphatic heterocycles. The molecule has 0 bridgehead atoms. The van der Waals surface area contributed by atoms with Gasteiger partial charge in [-0.25, -0.2) is 4.98 Å². The number of thiophene rings is 1. The standard InChI is InChI=1S/C14H17BrN2S2/c1-2-16-12(13-9(15)7-8-18-13)14-17-10-5-3-4-6-11(10)19-14/h7-8,12,16H,2-6H2,1H3. The number of hydrogen-bond acceptors (Lipinski definition) is 4. The average Bonchev–Trinajstić information content (AvgIpc) is 3.02. The highest BCUT2D eigenvalue weighted by Gasteiger charge is 2.23. The number of aromatic nitrogens is 1. The van der Waals surface area contributed by atoms with Crippen LogP contribution in [0.1, 0.15) is 46.3 Å². The van der Waals surface area contributed by atoms with Crippen LogP contribution in [0.2, 0.25) is 0 Å². The average molecular weight is 357 g/mol. The van der Waals surface area contributed by atoms with E-state index < -0.39 is 0 Å². The Morgan fingerprint density at radius 3 is 2.95 bits per heavy atom. The van der Waals surface area contributed by atoms with Gasteiger partial charge in [-0.2, -0.15) is 0 Å². The van der Waals surface area contributed by atoms with E-state index in [-0.39, 0.29) is 6.04 Å². The Morgan fingerprint density at radius 2 is 2.26 bits per heavy atom. The van der Waals surface area contributed by atoms with Gasteiger partial charge < -0.3 is 5.32 Å². The van der Waals surface area contributed by atoms with Crippen molar-refractivity contribution in [3.8, 4) is 0 Å². The van der Waals surface area contributed by atoms with E-state index in [0.29, 0.717) is 0 Å². The van der Waals surface area contributed by atoms with Crippen LogP contribution in [-0.4, -0.2) is 11.5 Å². The van der Waals surface area contributed by atoms with Gasteiger partial charge in [-0.05, 0) is 59.6 Å². The second-order valence-electron chi connectivity index (χ2n) is 4.75. The maximum atomic E-state index is 4.91. The van der Waals surface area contributed by atoms with Crippen molar-refractivity contribution in [3.63, 3.8) is 0 Å². The lowest BCUT2D eigenvalue weighted by molar-refractivity contribution is 0.627. The molecule has 0 saturated carbocycles. The van der Waals surface area contributed by atoms with Crippen LogP contribution in [0, 0.1) is 0 Å². The lowest BCUT2D eigenvalue weighted by Crippen LogP contribution is -2.21. The van der Waals surface area contributed by atoms with Gasteiger partial charge in [0.15, 0.2) is 0 Å². The second kappa shape index (κ2) is 6.04. The van der Waals surface area contributed by atoms with Crippen LogP contribution in [0.25, 0.3) is 0 Å². The molecule has 1 atom stereocenters. The van der Waals surface area contributed by atoms with Crippen LogP contribution in [0.15, 0.2) is 15.9 Å². The van der Waals surface area contributed by atoms with Crippen molar-refractivity contribution in [2.24, 2.45) is 0 Å². The van der Waals surface area contributed by atoms with Crippen molar-refractivity contribution in [1.29, 1.82) is 0 Å². The Morgan fingerprint density at radius 1 is 1.42 bits per heavy atom. The van der Waals surface area contributed by atoms with E-state index in [1.807, 2.05) is 11.3 Å². The van der Waals surface area contributed by atoms with Gasteiger partial charge in [0, 0.05) is 14.2 Å². The molecule has 0 radical (unpaired) electrons. The van der Waals surface area contributed by atoms with Gasteiger partial charge in [-0.3, -0.25) is 0 Å². The summed E-state index contributed by atoms with van der Waals surface area (Å²) in [5, 5.41) is 6.95. The summed E-state index contributed by atoms with van der Waals surface area (Å²) in [5.74, 6) is 0. The minimum atomic E-state index is 0.245. The van der Waals surface area contributed by atoms with Crippen LogP contribution in [0.4, 0.5) is 0 Å². The summed E-state index contributed by atoms with van der Waals surface area (Å²) in [6.07, 6.45) is 5.00. The minimum absolute atomic E-state index is 0.245. The first-order valence-electron chi connectivity index (χ1n) is 6.74. The molecule has 0 amide bonds. The van der Waals surface area contributed by atoms with Crippen molar-refractivity contribution in [3.05, 3.63) is 36.4 Å². The summed E-state index contributed by atoms with van der Waals surface area (Å²) < 4.78 is 1.19. The van der Waals surface area contributed by atoms with Crippen molar-refractivity contribution in [2.75, 3.05) is 6.54 Å². The van der Waals surface area contributed by atoms with Gasteiger partial charge in [0.05, 0.1) is 11.7 Å². The first-order valence-corrected chi connectivity index (χ1v) is 9.23. The zero-order valence-electron chi connectivity index (χ0n) is 10.9. The molecule has 0 aromatic carbocycles. The molecule has 2 aromatic heterocycles. The van der Waals surface area contributed by atoms with Crippen molar-refractivity contribution in [1.82, 2.24) is 10.3 Å². The first-order chi connectivity index (χ1) is 9.29. The molecule has 1 aliphatic carbocycles. The van der Waals surface area contributed by atoms with E-state index in [1.165, 1.54) is 44.2 Å². The molecule has 1 aliphatic rings. The lowest BCUT2D eigenvalue weighted by Gasteiger charge is -2.14. The van der Waals surface area contributed by atoms with Crippen molar-refractivity contribution < 1.29 is 0 Å². The number of rotatable bonds is 4. The molecule has 3 rings (SSSR count). The maximum absolute atomic E-state index is 4.91. The molecule has 0 saturated heterocycles. The van der Waals surface area contributed by atoms with Crippen LogP contribution in [-0.2, 0) is 12.8 Å². The highest BCUT2D eigenvalue weighted by atomic mass is 79.9. The van der Waals surface area contributed by atoms with Gasteiger partial charge >= 0.3 is 0 Å². The Bertz CT molecular complexity index is 538. The van der Waals surface area contributed by atoms with E-state index in [9.17, 15) is 0 Å². The van der Waals surface area contributed by atoms with Crippen molar-refractivity contribution in [2.45, 2.75) is 38.6 Å². The summed E-state index contributed by atoms with van der Waals surface area (Å²) in [5.41, 5.74) is 1.35. The van der Waals surface area contributed by atoms with E-state index in [2.05, 4.69) is 39.6 Å². The third kappa shape index (κ3) is 2.79. The fourth-order valence-electron chi connectivity index (χ4n) is 2.50. The molecule has 5 heteroatoms. The number of aryl methyl sites for hydroxylation is 2. The monoisotopic (exact) mass is 356 g/mol. The fraction of sp³-hybridized carbons (Fsp3) is 0.500. The molecular weight excluding hydrogens is 340 g/mol. The predicted octanol–water partition coefficient (Wildman–Crippen LogP) is 4.54. The SMILES string of the molecule is CCNC(c1nc2c(s1)CCCC2)c1sccc1Br. The number of nitrogens with one attached hydrogen (secondary N) is 1. The number of fused-ring (bicyclic) bond motifs is 1. The molecule has 2 nitrogen and oxygen atoms in total. The van der Waals surface area contributed by atoms with Crippen LogP contribution < -0.4 is 5.32 Å². The van der Waals surface area contributed by atoms with E-state index in [1.54, 1.807) is 11.3 Å². The summed E-state index contributed by atoms with van der Waals surface area (Å²) in [7, 11) is 0. The summed E-state index contributed by atoms with van der Waals surface area (Å²) >= 11 is 7.35. The quantitative estimate of drug-likeness (QED) is 0.869. The van der Waals surface area contributed by atoms with Gasteiger partial charge in [0.25, 0.3) is 0 Å². The molecule has 0 fully saturated rings. The summed E-state index contributed by atoms with van der Waals surface area (Å²) in [6, 6.07) is 2.37. The Labute approximate surface area is 130 Å². The molecule has 2 aromatic rings. The normalized spacial score (nSPS) is 16.3. The lowest BCUT2D eigenvalue weighted by atomic mass is 10.0. The van der Waals surface area contributed by atoms with E-state index in [0.717, 1.165) is 13.0 Å². The highest BCUT2D eigenvalue weighted by molar-refractivity contribution is 9.10. The van der Waals surface area contributed by atoms with Gasteiger partial charge in [0.1, 0.15) is 5.01 Å². The molecular formula is C14H17BrN2S2.